The second-order valence-electron chi connectivity index (χ2n) is 7.13. The number of anilines is 1. The minimum Gasteiger partial charge on any atom is -0.490 e. The summed E-state index contributed by atoms with van der Waals surface area (Å²) in [4.78, 5) is 24.2. The predicted molar refractivity (Wildman–Crippen MR) is 132 cm³/mol. The molecular formula is C25H23BrFN3O4. The Morgan fingerprint density at radius 3 is 2.56 bits per heavy atom. The van der Waals surface area contributed by atoms with Gasteiger partial charge in [0.15, 0.2) is 11.5 Å². The zero-order chi connectivity index (χ0) is 24.5. The van der Waals surface area contributed by atoms with E-state index in [0.717, 1.165) is 10.0 Å². The maximum atomic E-state index is 13.8. The van der Waals surface area contributed by atoms with Gasteiger partial charge in [-0.3, -0.25) is 9.59 Å². The average molecular weight is 528 g/mol. The summed E-state index contributed by atoms with van der Waals surface area (Å²) in [5, 5.41) is 6.38. The quantitative estimate of drug-likeness (QED) is 0.246. The summed E-state index contributed by atoms with van der Waals surface area (Å²) in [5.74, 6) is -1.21. The fourth-order valence-electron chi connectivity index (χ4n) is 2.93. The second kappa shape index (κ2) is 11.9. The van der Waals surface area contributed by atoms with Gasteiger partial charge in [-0.15, -0.1) is 0 Å². The maximum Gasteiger partial charge on any atom is 0.329 e. The Balaban J connectivity index is 1.61. The lowest BCUT2D eigenvalue weighted by molar-refractivity contribution is -0.136. The van der Waals surface area contributed by atoms with E-state index < -0.39 is 11.8 Å². The smallest absolute Gasteiger partial charge is 0.329 e. The Hall–Kier alpha value is -3.72. The minimum atomic E-state index is -0.909. The van der Waals surface area contributed by atoms with Crippen LogP contribution in [-0.4, -0.2) is 24.6 Å². The van der Waals surface area contributed by atoms with Crippen LogP contribution in [0.15, 0.2) is 70.2 Å². The van der Waals surface area contributed by atoms with Gasteiger partial charge in [0, 0.05) is 15.7 Å². The summed E-state index contributed by atoms with van der Waals surface area (Å²) < 4.78 is 26.0. The Kier molecular flexibility index (Phi) is 8.75. The van der Waals surface area contributed by atoms with Crippen LogP contribution < -0.4 is 20.2 Å². The van der Waals surface area contributed by atoms with Gasteiger partial charge in [0.25, 0.3) is 0 Å². The molecule has 2 N–H and O–H groups in total. The largest absolute Gasteiger partial charge is 0.490 e. The van der Waals surface area contributed by atoms with Crippen molar-refractivity contribution >= 4 is 39.6 Å². The van der Waals surface area contributed by atoms with E-state index in [2.05, 4.69) is 31.8 Å². The molecule has 7 nitrogen and oxygen atoms in total. The summed E-state index contributed by atoms with van der Waals surface area (Å²) >= 11 is 3.35. The van der Waals surface area contributed by atoms with Gasteiger partial charge in [0.2, 0.25) is 0 Å². The van der Waals surface area contributed by atoms with E-state index in [1.807, 2.05) is 19.9 Å². The molecule has 0 saturated carbocycles. The number of benzene rings is 3. The number of nitrogens with zero attached hydrogens (tertiary/aromatic N) is 1. The Morgan fingerprint density at radius 1 is 1.03 bits per heavy atom. The third-order valence-corrected chi connectivity index (χ3v) is 5.12. The van der Waals surface area contributed by atoms with E-state index in [1.54, 1.807) is 48.5 Å². The Bertz CT molecular complexity index is 1220. The second-order valence-corrected chi connectivity index (χ2v) is 8.05. The number of hydrazone groups is 1. The molecule has 0 aliphatic rings. The molecule has 0 aliphatic carbocycles. The molecular weight excluding hydrogens is 505 g/mol. The number of carbonyl (C=O) groups excluding carboxylic acids is 2. The van der Waals surface area contributed by atoms with Gasteiger partial charge < -0.3 is 14.8 Å². The number of carbonyl (C=O) groups is 2. The third kappa shape index (κ3) is 6.89. The van der Waals surface area contributed by atoms with Crippen molar-refractivity contribution in [3.63, 3.8) is 0 Å². The van der Waals surface area contributed by atoms with Gasteiger partial charge in [-0.25, -0.2) is 9.82 Å². The van der Waals surface area contributed by atoms with Crippen LogP contribution in [0.3, 0.4) is 0 Å². The Morgan fingerprint density at radius 2 is 1.82 bits per heavy atom. The van der Waals surface area contributed by atoms with Crippen LogP contribution in [-0.2, 0) is 16.2 Å². The summed E-state index contributed by atoms with van der Waals surface area (Å²) in [6, 6.07) is 16.7. The number of hydrogen-bond donors (Lipinski definition) is 2. The topological polar surface area (TPSA) is 89.0 Å². The highest BCUT2D eigenvalue weighted by molar-refractivity contribution is 9.10. The van der Waals surface area contributed by atoms with Gasteiger partial charge in [0.1, 0.15) is 12.4 Å². The fraction of sp³-hybridized carbons (Fsp3) is 0.160. The molecule has 9 heteroatoms. The molecule has 3 aromatic rings. The third-order valence-electron chi connectivity index (χ3n) is 4.63. The number of halogens is 2. The van der Waals surface area contributed by atoms with Crippen molar-refractivity contribution in [1.82, 2.24) is 5.43 Å². The summed E-state index contributed by atoms with van der Waals surface area (Å²) in [5.41, 5.74) is 4.56. The van der Waals surface area contributed by atoms with E-state index in [1.165, 1.54) is 12.3 Å². The molecule has 0 fully saturated rings. The normalized spacial score (nSPS) is 10.7. The van der Waals surface area contributed by atoms with E-state index in [0.29, 0.717) is 34.9 Å². The monoisotopic (exact) mass is 527 g/mol. The zero-order valence-electron chi connectivity index (χ0n) is 18.6. The molecule has 0 heterocycles. The maximum absolute atomic E-state index is 13.8. The first kappa shape index (κ1) is 24.9. The molecule has 0 aromatic heterocycles. The van der Waals surface area contributed by atoms with E-state index in [-0.39, 0.29) is 12.4 Å². The van der Waals surface area contributed by atoms with Crippen LogP contribution in [0, 0.1) is 12.7 Å². The summed E-state index contributed by atoms with van der Waals surface area (Å²) in [7, 11) is 0. The first-order valence-electron chi connectivity index (χ1n) is 10.4. The number of ether oxygens (including phenoxy) is 2. The fourth-order valence-corrected chi connectivity index (χ4v) is 3.40. The molecule has 0 saturated heterocycles. The molecule has 0 bridgehead atoms. The Labute approximate surface area is 205 Å². The SMILES string of the molecule is CCOc1cc(C=NNC(=O)C(=O)Nc2ccc(Br)cc2C)ccc1OCc1ccccc1F. The minimum absolute atomic E-state index is 0.0448. The van der Waals surface area contributed by atoms with Crippen molar-refractivity contribution < 1.29 is 23.5 Å². The predicted octanol–water partition coefficient (Wildman–Crippen LogP) is 4.96. The summed E-state index contributed by atoms with van der Waals surface area (Å²) in [6.45, 7) is 4.08. The molecule has 0 unspecified atom stereocenters. The summed E-state index contributed by atoms with van der Waals surface area (Å²) in [6.07, 6.45) is 1.37. The number of amides is 2. The van der Waals surface area contributed by atoms with Gasteiger partial charge in [-0.05, 0) is 67.4 Å². The molecule has 176 valence electrons. The van der Waals surface area contributed by atoms with Crippen molar-refractivity contribution in [1.29, 1.82) is 0 Å². The van der Waals surface area contributed by atoms with Crippen LogP contribution in [0.2, 0.25) is 0 Å². The van der Waals surface area contributed by atoms with Gasteiger partial charge >= 0.3 is 11.8 Å². The first-order chi connectivity index (χ1) is 16.4. The van der Waals surface area contributed by atoms with E-state index in [4.69, 9.17) is 9.47 Å². The molecule has 0 aliphatic heterocycles. The molecule has 0 spiro atoms. The molecule has 2 amide bonds. The van der Waals surface area contributed by atoms with Crippen molar-refractivity contribution in [2.75, 3.05) is 11.9 Å². The molecule has 0 radical (unpaired) electrons. The number of aryl methyl sites for hydroxylation is 1. The zero-order valence-corrected chi connectivity index (χ0v) is 20.2. The van der Waals surface area contributed by atoms with Crippen LogP contribution in [0.5, 0.6) is 11.5 Å². The average Bonchev–Trinajstić information content (AvgIpc) is 2.81. The lowest BCUT2D eigenvalue weighted by Gasteiger charge is -2.13. The lowest BCUT2D eigenvalue weighted by atomic mass is 10.2. The molecule has 3 aromatic carbocycles. The number of hydrogen-bond acceptors (Lipinski definition) is 5. The van der Waals surface area contributed by atoms with Gasteiger partial charge in [-0.1, -0.05) is 34.1 Å². The van der Waals surface area contributed by atoms with E-state index >= 15 is 0 Å². The van der Waals surface area contributed by atoms with Crippen LogP contribution >= 0.6 is 15.9 Å². The van der Waals surface area contributed by atoms with Crippen LogP contribution in [0.25, 0.3) is 0 Å². The lowest BCUT2D eigenvalue weighted by Crippen LogP contribution is -2.32. The number of nitrogens with one attached hydrogen (secondary N) is 2. The highest BCUT2D eigenvalue weighted by atomic mass is 79.9. The van der Waals surface area contributed by atoms with Crippen molar-refractivity contribution in [3.8, 4) is 11.5 Å². The highest BCUT2D eigenvalue weighted by Gasteiger charge is 2.14. The van der Waals surface area contributed by atoms with Crippen molar-refractivity contribution in [2.45, 2.75) is 20.5 Å². The van der Waals surface area contributed by atoms with Crippen LogP contribution in [0.4, 0.5) is 10.1 Å². The van der Waals surface area contributed by atoms with Crippen molar-refractivity contribution in [2.24, 2.45) is 5.10 Å². The van der Waals surface area contributed by atoms with E-state index in [9.17, 15) is 14.0 Å². The number of rotatable bonds is 8. The molecule has 3 rings (SSSR count). The van der Waals surface area contributed by atoms with Gasteiger partial charge in [0.05, 0.1) is 12.8 Å². The molecule has 34 heavy (non-hydrogen) atoms. The van der Waals surface area contributed by atoms with Gasteiger partial charge in [-0.2, -0.15) is 5.10 Å². The first-order valence-corrected chi connectivity index (χ1v) is 11.2. The highest BCUT2D eigenvalue weighted by Crippen LogP contribution is 2.29. The standard InChI is InChI=1S/C25H23BrFN3O4/c1-3-33-23-13-17(8-11-22(23)34-15-18-6-4-5-7-20(18)27)14-28-30-25(32)24(31)29-21-10-9-19(26)12-16(21)2/h4-14H,3,15H2,1-2H3,(H,29,31)(H,30,32). The van der Waals surface area contributed by atoms with Crippen LogP contribution in [0.1, 0.15) is 23.6 Å². The molecule has 0 atom stereocenters. The van der Waals surface area contributed by atoms with Crippen molar-refractivity contribution in [3.05, 3.63) is 87.6 Å².